The van der Waals surface area contributed by atoms with Crippen molar-refractivity contribution in [3.05, 3.63) is 48.2 Å². The molecule has 0 aliphatic carbocycles. The Morgan fingerprint density at radius 2 is 1.93 bits per heavy atom. The Bertz CT molecular complexity index is 389. The quantitative estimate of drug-likeness (QED) is 0.711. The molecule has 0 unspecified atom stereocenters. The van der Waals surface area contributed by atoms with Crippen LogP contribution in [-0.2, 0) is 6.54 Å². The molecule has 1 aromatic carbocycles. The first kappa shape index (κ1) is 9.65. The Labute approximate surface area is 89.5 Å². The fraction of sp³-hybridized carbons (Fsp3) is 0.167. The van der Waals surface area contributed by atoms with Gasteiger partial charge in [0, 0.05) is 25.5 Å². The summed E-state index contributed by atoms with van der Waals surface area (Å²) >= 11 is 0. The number of nitrogens with one attached hydrogen (secondary N) is 3. The largest absolute Gasteiger partial charge is 0.388 e. The van der Waals surface area contributed by atoms with Crippen LogP contribution in [-0.4, -0.2) is 12.0 Å². The van der Waals surface area contributed by atoms with Crippen LogP contribution in [0.3, 0.4) is 0 Å². The van der Waals surface area contributed by atoms with Crippen molar-refractivity contribution in [1.29, 1.82) is 0 Å². The van der Waals surface area contributed by atoms with Crippen molar-refractivity contribution in [2.75, 3.05) is 17.7 Å². The van der Waals surface area contributed by atoms with Crippen molar-refractivity contribution < 1.29 is 0 Å². The highest BCUT2D eigenvalue weighted by atomic mass is 15.0. The van der Waals surface area contributed by atoms with Gasteiger partial charge < -0.3 is 15.6 Å². The van der Waals surface area contributed by atoms with Crippen LogP contribution in [0.5, 0.6) is 0 Å². The van der Waals surface area contributed by atoms with Gasteiger partial charge in [-0.2, -0.15) is 0 Å². The van der Waals surface area contributed by atoms with E-state index >= 15 is 0 Å². The zero-order chi connectivity index (χ0) is 10.5. The molecule has 15 heavy (non-hydrogen) atoms. The molecule has 0 amide bonds. The highest BCUT2D eigenvalue weighted by Gasteiger charge is 1.94. The number of hydrogen-bond donors (Lipinski definition) is 3. The van der Waals surface area contributed by atoms with Crippen LogP contribution in [0.15, 0.2) is 42.6 Å². The topological polar surface area (TPSA) is 39.8 Å². The summed E-state index contributed by atoms with van der Waals surface area (Å²) in [5.74, 6) is 1.05. The molecule has 0 spiro atoms. The van der Waals surface area contributed by atoms with Crippen molar-refractivity contribution in [1.82, 2.24) is 4.98 Å². The molecule has 0 aliphatic heterocycles. The van der Waals surface area contributed by atoms with Gasteiger partial charge in [0.05, 0.1) is 0 Å². The Morgan fingerprint density at radius 3 is 2.53 bits per heavy atom. The lowest BCUT2D eigenvalue weighted by atomic mass is 10.2. The van der Waals surface area contributed by atoms with Gasteiger partial charge in [0.1, 0.15) is 5.82 Å². The molecule has 0 saturated carbocycles. The van der Waals surface area contributed by atoms with Gasteiger partial charge >= 0.3 is 0 Å². The average Bonchev–Trinajstić information content (AvgIpc) is 2.80. The molecule has 0 fully saturated rings. The first-order chi connectivity index (χ1) is 7.38. The summed E-state index contributed by atoms with van der Waals surface area (Å²) in [5.41, 5.74) is 2.40. The number of rotatable bonds is 4. The molecule has 0 aliphatic rings. The van der Waals surface area contributed by atoms with Crippen LogP contribution < -0.4 is 10.6 Å². The number of hydrogen-bond acceptors (Lipinski definition) is 2. The van der Waals surface area contributed by atoms with Crippen LogP contribution in [0.4, 0.5) is 11.5 Å². The number of benzene rings is 1. The lowest BCUT2D eigenvalue weighted by Crippen LogP contribution is -1.99. The zero-order valence-electron chi connectivity index (χ0n) is 8.75. The molecule has 2 aromatic rings. The molecular weight excluding hydrogens is 186 g/mol. The third-order valence-electron chi connectivity index (χ3n) is 2.32. The second-order valence-electron chi connectivity index (χ2n) is 3.38. The molecule has 3 heteroatoms. The standard InChI is InChI=1S/C12H15N3/c1-13-11-6-4-10(5-7-11)9-15-12-3-2-8-14-12/h2-8,13-15H,9H2,1H3. The Balaban J connectivity index is 1.93. The molecule has 3 nitrogen and oxygen atoms in total. The van der Waals surface area contributed by atoms with Crippen LogP contribution in [0.2, 0.25) is 0 Å². The lowest BCUT2D eigenvalue weighted by Gasteiger charge is -2.05. The van der Waals surface area contributed by atoms with Gasteiger partial charge in [-0.1, -0.05) is 12.1 Å². The van der Waals surface area contributed by atoms with Crippen LogP contribution >= 0.6 is 0 Å². The zero-order valence-corrected chi connectivity index (χ0v) is 8.75. The molecule has 1 aromatic heterocycles. The third-order valence-corrected chi connectivity index (χ3v) is 2.32. The predicted molar refractivity (Wildman–Crippen MR) is 64.1 cm³/mol. The van der Waals surface area contributed by atoms with Gasteiger partial charge in [-0.3, -0.25) is 0 Å². The van der Waals surface area contributed by atoms with Crippen molar-refractivity contribution in [3.63, 3.8) is 0 Å². The highest BCUT2D eigenvalue weighted by Crippen LogP contribution is 2.10. The van der Waals surface area contributed by atoms with E-state index in [0.29, 0.717) is 0 Å². The summed E-state index contributed by atoms with van der Waals surface area (Å²) in [4.78, 5) is 3.11. The summed E-state index contributed by atoms with van der Waals surface area (Å²) in [7, 11) is 1.92. The van der Waals surface area contributed by atoms with E-state index in [1.807, 2.05) is 25.4 Å². The summed E-state index contributed by atoms with van der Waals surface area (Å²) in [6, 6.07) is 12.4. The predicted octanol–water partition coefficient (Wildman–Crippen LogP) is 2.67. The summed E-state index contributed by atoms with van der Waals surface area (Å²) < 4.78 is 0. The van der Waals surface area contributed by atoms with Gasteiger partial charge in [-0.25, -0.2) is 0 Å². The second-order valence-corrected chi connectivity index (χ2v) is 3.38. The minimum Gasteiger partial charge on any atom is -0.388 e. The molecule has 0 bridgehead atoms. The van der Waals surface area contributed by atoms with E-state index < -0.39 is 0 Å². The summed E-state index contributed by atoms with van der Waals surface area (Å²) in [5, 5.41) is 6.40. The maximum Gasteiger partial charge on any atom is 0.103 e. The fourth-order valence-corrected chi connectivity index (χ4v) is 1.43. The molecule has 78 valence electrons. The maximum atomic E-state index is 3.30. The second kappa shape index (κ2) is 4.55. The maximum absolute atomic E-state index is 3.30. The SMILES string of the molecule is CNc1ccc(CNc2ccc[nH]2)cc1. The Hall–Kier alpha value is -1.90. The molecular formula is C12H15N3. The van der Waals surface area contributed by atoms with Gasteiger partial charge in [0.15, 0.2) is 0 Å². The van der Waals surface area contributed by atoms with Crippen LogP contribution in [0.1, 0.15) is 5.56 Å². The lowest BCUT2D eigenvalue weighted by molar-refractivity contribution is 1.12. The Morgan fingerprint density at radius 1 is 1.13 bits per heavy atom. The molecule has 0 atom stereocenters. The first-order valence-corrected chi connectivity index (χ1v) is 5.02. The van der Waals surface area contributed by atoms with E-state index in [1.165, 1.54) is 5.56 Å². The van der Waals surface area contributed by atoms with Crippen LogP contribution in [0.25, 0.3) is 0 Å². The number of aromatic nitrogens is 1. The van der Waals surface area contributed by atoms with E-state index in [0.717, 1.165) is 18.1 Å². The van der Waals surface area contributed by atoms with E-state index in [9.17, 15) is 0 Å². The normalized spacial score (nSPS) is 9.93. The molecule has 3 N–H and O–H groups in total. The van der Waals surface area contributed by atoms with Crippen LogP contribution in [0, 0.1) is 0 Å². The van der Waals surface area contributed by atoms with Gasteiger partial charge in [-0.05, 0) is 29.8 Å². The first-order valence-electron chi connectivity index (χ1n) is 5.02. The molecule has 1 heterocycles. The summed E-state index contributed by atoms with van der Waals surface area (Å²) in [6.45, 7) is 0.838. The van der Waals surface area contributed by atoms with Crippen molar-refractivity contribution >= 4 is 11.5 Å². The van der Waals surface area contributed by atoms with Gasteiger partial charge in [0.25, 0.3) is 0 Å². The molecule has 2 rings (SSSR count). The number of H-pyrrole nitrogens is 1. The van der Waals surface area contributed by atoms with E-state index in [4.69, 9.17) is 0 Å². The van der Waals surface area contributed by atoms with Crippen molar-refractivity contribution in [2.45, 2.75) is 6.54 Å². The number of aromatic amines is 1. The fourth-order valence-electron chi connectivity index (χ4n) is 1.43. The van der Waals surface area contributed by atoms with E-state index in [2.05, 4.69) is 39.9 Å². The van der Waals surface area contributed by atoms with Crippen molar-refractivity contribution in [2.24, 2.45) is 0 Å². The molecule has 0 saturated heterocycles. The highest BCUT2D eigenvalue weighted by molar-refractivity contribution is 5.44. The van der Waals surface area contributed by atoms with E-state index in [-0.39, 0.29) is 0 Å². The minimum atomic E-state index is 0.838. The smallest absolute Gasteiger partial charge is 0.103 e. The van der Waals surface area contributed by atoms with Crippen molar-refractivity contribution in [3.8, 4) is 0 Å². The monoisotopic (exact) mass is 201 g/mol. The Kier molecular flexibility index (Phi) is 2.93. The van der Waals surface area contributed by atoms with Gasteiger partial charge in [0.2, 0.25) is 0 Å². The number of anilines is 2. The minimum absolute atomic E-state index is 0.838. The van der Waals surface area contributed by atoms with E-state index in [1.54, 1.807) is 0 Å². The average molecular weight is 201 g/mol. The molecule has 0 radical (unpaired) electrons. The summed E-state index contributed by atoms with van der Waals surface area (Å²) in [6.07, 6.45) is 1.91. The third kappa shape index (κ3) is 2.53. The van der Waals surface area contributed by atoms with Gasteiger partial charge in [-0.15, -0.1) is 0 Å².